The first-order valence-electron chi connectivity index (χ1n) is 9.40. The first-order chi connectivity index (χ1) is 12.8. The smallest absolute Gasteiger partial charge is 0.240 e. The number of fused-ring (bicyclic) bond motifs is 2. The zero-order valence-electron chi connectivity index (χ0n) is 15.1. The third-order valence-electron chi connectivity index (χ3n) is 5.72. The highest BCUT2D eigenvalue weighted by Crippen LogP contribution is 2.41. The summed E-state index contributed by atoms with van der Waals surface area (Å²) in [5, 5.41) is 14.3. The molecule has 1 unspecified atom stereocenters. The van der Waals surface area contributed by atoms with Crippen LogP contribution in [0.4, 0.5) is 0 Å². The van der Waals surface area contributed by atoms with Gasteiger partial charge in [-0.2, -0.15) is 0 Å². The number of nitrogens with zero attached hydrogens (tertiary/aromatic N) is 4. The fraction of sp³-hybridized carbons (Fsp3) is 0.611. The van der Waals surface area contributed by atoms with E-state index in [9.17, 15) is 4.79 Å². The van der Waals surface area contributed by atoms with Crippen molar-refractivity contribution in [3.63, 3.8) is 0 Å². The minimum absolute atomic E-state index is 0. The van der Waals surface area contributed by atoms with Crippen LogP contribution in [0, 0.1) is 0 Å². The van der Waals surface area contributed by atoms with Crippen LogP contribution in [0.3, 0.4) is 0 Å². The second-order valence-electron chi connectivity index (χ2n) is 7.20. The summed E-state index contributed by atoms with van der Waals surface area (Å²) in [4.78, 5) is 16.6. The van der Waals surface area contributed by atoms with Crippen molar-refractivity contribution in [3.8, 4) is 0 Å². The molecule has 5 heterocycles. The Hall–Kier alpha value is -1.09. The maximum atomic E-state index is 13.1. The standard InChI is InChI=1S/C18H23N5OS2.ClH/c24-18(16-13-3-9-25-14(13)4-10-26-16)22-6-1-12(2-7-22)17-21-20-15-11-19-5-8-23(15)17;/h3,9,12,16,19H,1-2,4-8,10-11H2;1H. The molecule has 1 atom stereocenters. The number of thioether (sulfide) groups is 1. The van der Waals surface area contributed by atoms with E-state index in [0.29, 0.717) is 11.8 Å². The Bertz CT molecular complexity index is 815. The van der Waals surface area contributed by atoms with Gasteiger partial charge in [0.2, 0.25) is 5.91 Å². The number of piperidine rings is 1. The van der Waals surface area contributed by atoms with Crippen molar-refractivity contribution >= 4 is 41.4 Å². The molecule has 5 rings (SSSR count). The lowest BCUT2D eigenvalue weighted by Gasteiger charge is -2.35. The predicted molar refractivity (Wildman–Crippen MR) is 111 cm³/mol. The minimum Gasteiger partial charge on any atom is -0.341 e. The Morgan fingerprint density at radius 3 is 2.93 bits per heavy atom. The van der Waals surface area contributed by atoms with Crippen molar-refractivity contribution < 1.29 is 4.79 Å². The van der Waals surface area contributed by atoms with Crippen molar-refractivity contribution in [2.75, 3.05) is 25.4 Å². The van der Waals surface area contributed by atoms with E-state index in [1.807, 2.05) is 11.8 Å². The van der Waals surface area contributed by atoms with E-state index in [1.165, 1.54) is 10.4 Å². The SMILES string of the molecule is Cl.O=C(C1SCCc2sccc21)N1CCC(c2nnc3n2CCNC3)CC1. The zero-order valence-corrected chi connectivity index (χ0v) is 17.5. The largest absolute Gasteiger partial charge is 0.341 e. The van der Waals surface area contributed by atoms with Gasteiger partial charge >= 0.3 is 0 Å². The number of halogens is 1. The average Bonchev–Trinajstić information content (AvgIpc) is 3.34. The monoisotopic (exact) mass is 425 g/mol. The molecule has 9 heteroatoms. The molecule has 1 N–H and O–H groups in total. The Balaban J connectivity index is 0.00000180. The van der Waals surface area contributed by atoms with Gasteiger partial charge in [0.1, 0.15) is 16.9 Å². The second-order valence-corrected chi connectivity index (χ2v) is 9.42. The Morgan fingerprint density at radius 2 is 2.07 bits per heavy atom. The van der Waals surface area contributed by atoms with Gasteiger partial charge in [0.25, 0.3) is 0 Å². The van der Waals surface area contributed by atoms with E-state index in [1.54, 1.807) is 11.3 Å². The predicted octanol–water partition coefficient (Wildman–Crippen LogP) is 2.60. The van der Waals surface area contributed by atoms with Gasteiger partial charge in [0.05, 0.1) is 6.54 Å². The lowest BCUT2D eigenvalue weighted by molar-refractivity contribution is -0.131. The van der Waals surface area contributed by atoms with Crippen LogP contribution in [0.25, 0.3) is 0 Å². The number of hydrogen-bond acceptors (Lipinski definition) is 6. The maximum absolute atomic E-state index is 13.1. The van der Waals surface area contributed by atoms with Crippen molar-refractivity contribution in [1.82, 2.24) is 25.0 Å². The summed E-state index contributed by atoms with van der Waals surface area (Å²) < 4.78 is 2.28. The first-order valence-corrected chi connectivity index (χ1v) is 11.3. The van der Waals surface area contributed by atoms with Gasteiger partial charge in [-0.3, -0.25) is 4.79 Å². The molecule has 0 spiro atoms. The molecule has 0 bridgehead atoms. The third-order valence-corrected chi connectivity index (χ3v) is 7.95. The first kappa shape index (κ1) is 19.2. The average molecular weight is 426 g/mol. The van der Waals surface area contributed by atoms with Crippen LogP contribution in [0.5, 0.6) is 0 Å². The molecular weight excluding hydrogens is 402 g/mol. The van der Waals surface area contributed by atoms with Crippen molar-refractivity contribution in [1.29, 1.82) is 0 Å². The molecule has 0 aromatic carbocycles. The van der Waals surface area contributed by atoms with Gasteiger partial charge in [-0.15, -0.1) is 45.7 Å². The number of aromatic nitrogens is 3. The van der Waals surface area contributed by atoms with E-state index < -0.39 is 0 Å². The summed E-state index contributed by atoms with van der Waals surface area (Å²) in [6.07, 6.45) is 3.09. The van der Waals surface area contributed by atoms with E-state index in [4.69, 9.17) is 0 Å². The van der Waals surface area contributed by atoms with Crippen LogP contribution in [0.1, 0.15) is 46.1 Å². The zero-order chi connectivity index (χ0) is 17.5. The van der Waals surface area contributed by atoms with Crippen LogP contribution in [0.2, 0.25) is 0 Å². The number of hydrogen-bond donors (Lipinski definition) is 1. The molecule has 6 nitrogen and oxygen atoms in total. The quantitative estimate of drug-likeness (QED) is 0.801. The molecule has 146 valence electrons. The molecule has 27 heavy (non-hydrogen) atoms. The van der Waals surface area contributed by atoms with Gasteiger partial charge in [-0.05, 0) is 42.0 Å². The summed E-state index contributed by atoms with van der Waals surface area (Å²) in [5.74, 6) is 3.96. The molecule has 2 aromatic rings. The van der Waals surface area contributed by atoms with E-state index in [0.717, 1.165) is 69.4 Å². The minimum atomic E-state index is 0. The molecule has 1 amide bonds. The van der Waals surface area contributed by atoms with E-state index in [-0.39, 0.29) is 17.7 Å². The molecule has 1 saturated heterocycles. The molecule has 3 aliphatic rings. The Labute approximate surface area is 173 Å². The van der Waals surface area contributed by atoms with Gasteiger partial charge < -0.3 is 14.8 Å². The Kier molecular flexibility index (Phi) is 5.78. The van der Waals surface area contributed by atoms with E-state index >= 15 is 0 Å². The normalized spacial score (nSPS) is 22.7. The van der Waals surface area contributed by atoms with Crippen LogP contribution in [-0.2, 0) is 24.3 Å². The van der Waals surface area contributed by atoms with Crippen LogP contribution < -0.4 is 5.32 Å². The molecule has 0 saturated carbocycles. The molecular formula is C18H24ClN5OS2. The van der Waals surface area contributed by atoms with Gasteiger partial charge in [0.15, 0.2) is 0 Å². The molecule has 2 aromatic heterocycles. The number of rotatable bonds is 2. The maximum Gasteiger partial charge on any atom is 0.240 e. The van der Waals surface area contributed by atoms with Crippen LogP contribution in [0.15, 0.2) is 11.4 Å². The van der Waals surface area contributed by atoms with E-state index in [2.05, 4.69) is 36.4 Å². The van der Waals surface area contributed by atoms with Crippen molar-refractivity contribution in [2.24, 2.45) is 0 Å². The highest BCUT2D eigenvalue weighted by Gasteiger charge is 2.34. The van der Waals surface area contributed by atoms with Gasteiger partial charge in [-0.25, -0.2) is 0 Å². The fourth-order valence-electron chi connectivity index (χ4n) is 4.29. The fourth-order valence-corrected chi connectivity index (χ4v) is 6.67. The Morgan fingerprint density at radius 1 is 1.22 bits per heavy atom. The highest BCUT2D eigenvalue weighted by atomic mass is 35.5. The molecule has 0 radical (unpaired) electrons. The van der Waals surface area contributed by atoms with Gasteiger partial charge in [-0.1, -0.05) is 0 Å². The topological polar surface area (TPSA) is 63.1 Å². The summed E-state index contributed by atoms with van der Waals surface area (Å²) in [6.45, 7) is 4.42. The van der Waals surface area contributed by atoms with Crippen molar-refractivity contribution in [2.45, 2.75) is 43.5 Å². The molecule has 1 fully saturated rings. The highest BCUT2D eigenvalue weighted by molar-refractivity contribution is 8.00. The molecule has 0 aliphatic carbocycles. The van der Waals surface area contributed by atoms with Crippen LogP contribution in [-0.4, -0.2) is 51.0 Å². The van der Waals surface area contributed by atoms with Crippen LogP contribution >= 0.6 is 35.5 Å². The number of nitrogens with one attached hydrogen (secondary N) is 1. The number of carbonyl (C=O) groups is 1. The number of thiophene rings is 1. The molecule has 3 aliphatic heterocycles. The summed E-state index contributed by atoms with van der Waals surface area (Å²) in [7, 11) is 0. The number of carbonyl (C=O) groups excluding carboxylic acids is 1. The lowest BCUT2D eigenvalue weighted by Crippen LogP contribution is -2.41. The summed E-state index contributed by atoms with van der Waals surface area (Å²) in [5.41, 5.74) is 1.26. The van der Waals surface area contributed by atoms with Crippen molar-refractivity contribution in [3.05, 3.63) is 33.5 Å². The number of aryl methyl sites for hydroxylation is 1. The summed E-state index contributed by atoms with van der Waals surface area (Å²) >= 11 is 3.61. The lowest BCUT2D eigenvalue weighted by atomic mass is 9.95. The number of likely N-dealkylation sites (tertiary alicyclic amines) is 1. The number of amides is 1. The second kappa shape index (κ2) is 8.11. The third kappa shape index (κ3) is 3.52. The van der Waals surface area contributed by atoms with Gasteiger partial charge in [0, 0.05) is 37.0 Å². The summed E-state index contributed by atoms with van der Waals surface area (Å²) in [6, 6.07) is 2.15.